The highest BCUT2D eigenvalue weighted by Crippen LogP contribution is 2.16. The van der Waals surface area contributed by atoms with Crippen molar-refractivity contribution in [3.63, 3.8) is 0 Å². The average Bonchev–Trinajstić information content (AvgIpc) is 2.81. The molecule has 0 aliphatic heterocycles. The molecule has 1 rings (SSSR count). The highest BCUT2D eigenvalue weighted by atomic mass is 32.1. The van der Waals surface area contributed by atoms with Crippen LogP contribution in [0.2, 0.25) is 0 Å². The molecule has 0 spiro atoms. The number of aryl methyl sites for hydroxylation is 2. The van der Waals surface area contributed by atoms with Crippen molar-refractivity contribution in [1.29, 1.82) is 0 Å². The second kappa shape index (κ2) is 11.4. The molecule has 126 valence electrons. The van der Waals surface area contributed by atoms with Gasteiger partial charge in [-0.15, -0.1) is 11.3 Å². The van der Waals surface area contributed by atoms with E-state index in [0.29, 0.717) is 0 Å². The first-order valence-electron chi connectivity index (χ1n) is 8.20. The van der Waals surface area contributed by atoms with Crippen LogP contribution in [0.1, 0.15) is 42.3 Å². The molecule has 0 amide bonds. The Morgan fingerprint density at radius 1 is 1.23 bits per heavy atom. The topological polar surface area (TPSA) is 58.5 Å². The highest BCUT2D eigenvalue weighted by Gasteiger charge is 2.04. The number of guanidine groups is 1. The molecule has 5 nitrogen and oxygen atoms in total. The summed E-state index contributed by atoms with van der Waals surface area (Å²) in [5.41, 5.74) is 1.15. The van der Waals surface area contributed by atoms with Gasteiger partial charge in [-0.05, 0) is 40.5 Å². The SMILES string of the molecule is CCNC(=NCCCCOCC)NCCc1nc(C)c(C)s1. The average molecular weight is 327 g/mol. The summed E-state index contributed by atoms with van der Waals surface area (Å²) in [4.78, 5) is 10.5. The lowest BCUT2D eigenvalue weighted by Crippen LogP contribution is -2.38. The Kier molecular flexibility index (Phi) is 9.82. The summed E-state index contributed by atoms with van der Waals surface area (Å²) in [7, 11) is 0. The molecule has 2 N–H and O–H groups in total. The summed E-state index contributed by atoms with van der Waals surface area (Å²) in [5, 5.41) is 7.84. The van der Waals surface area contributed by atoms with Crippen molar-refractivity contribution in [1.82, 2.24) is 15.6 Å². The standard InChI is InChI=1S/C16H30N4OS/c1-5-17-16(18-10-7-8-12-21-6-2)19-11-9-15-20-13(3)14(4)22-15/h5-12H2,1-4H3,(H2,17,18,19). The molecule has 0 aliphatic rings. The molecule has 0 saturated heterocycles. The molecule has 1 aromatic heterocycles. The Bertz CT molecular complexity index is 426. The lowest BCUT2D eigenvalue weighted by Gasteiger charge is -2.10. The van der Waals surface area contributed by atoms with Gasteiger partial charge in [0.2, 0.25) is 0 Å². The van der Waals surface area contributed by atoms with Crippen molar-refractivity contribution in [3.8, 4) is 0 Å². The minimum atomic E-state index is 0.795. The first kappa shape index (κ1) is 18.9. The summed E-state index contributed by atoms with van der Waals surface area (Å²) in [6.07, 6.45) is 3.06. The summed E-state index contributed by atoms with van der Waals surface area (Å²) in [6, 6.07) is 0. The van der Waals surface area contributed by atoms with E-state index in [9.17, 15) is 0 Å². The van der Waals surface area contributed by atoms with E-state index in [1.165, 1.54) is 9.88 Å². The zero-order chi connectivity index (χ0) is 16.2. The largest absolute Gasteiger partial charge is 0.382 e. The molecule has 0 unspecified atom stereocenters. The van der Waals surface area contributed by atoms with Crippen molar-refractivity contribution >= 4 is 17.3 Å². The maximum Gasteiger partial charge on any atom is 0.191 e. The van der Waals surface area contributed by atoms with Gasteiger partial charge in [-0.25, -0.2) is 4.98 Å². The normalized spacial score (nSPS) is 11.7. The fourth-order valence-corrected chi connectivity index (χ4v) is 2.86. The Balaban J connectivity index is 2.27. The molecule has 6 heteroatoms. The van der Waals surface area contributed by atoms with Gasteiger partial charge >= 0.3 is 0 Å². The first-order valence-corrected chi connectivity index (χ1v) is 9.01. The molecular formula is C16H30N4OS. The van der Waals surface area contributed by atoms with Crippen LogP contribution in [0, 0.1) is 13.8 Å². The number of nitrogens with zero attached hydrogens (tertiary/aromatic N) is 2. The summed E-state index contributed by atoms with van der Waals surface area (Å²) in [6.45, 7) is 12.5. The number of thiazole rings is 1. The van der Waals surface area contributed by atoms with Crippen LogP contribution in [-0.2, 0) is 11.2 Å². The van der Waals surface area contributed by atoms with E-state index >= 15 is 0 Å². The van der Waals surface area contributed by atoms with Crippen LogP contribution in [0.5, 0.6) is 0 Å². The molecule has 22 heavy (non-hydrogen) atoms. The van der Waals surface area contributed by atoms with Crippen LogP contribution >= 0.6 is 11.3 Å². The predicted molar refractivity (Wildman–Crippen MR) is 95.0 cm³/mol. The van der Waals surface area contributed by atoms with Crippen LogP contribution in [-0.4, -0.2) is 43.8 Å². The van der Waals surface area contributed by atoms with Crippen molar-refractivity contribution in [2.75, 3.05) is 32.8 Å². The maximum absolute atomic E-state index is 5.33. The molecule has 0 bridgehead atoms. The van der Waals surface area contributed by atoms with Gasteiger partial charge in [-0.2, -0.15) is 0 Å². The number of unbranched alkanes of at least 4 members (excludes halogenated alkanes) is 1. The molecular weight excluding hydrogens is 296 g/mol. The zero-order valence-corrected chi connectivity index (χ0v) is 15.2. The Labute approximate surface area is 138 Å². The third-order valence-electron chi connectivity index (χ3n) is 3.22. The van der Waals surface area contributed by atoms with Gasteiger partial charge in [-0.1, -0.05) is 0 Å². The number of hydrogen-bond donors (Lipinski definition) is 2. The molecule has 0 saturated carbocycles. The Morgan fingerprint density at radius 3 is 2.68 bits per heavy atom. The quantitative estimate of drug-likeness (QED) is 0.394. The number of ether oxygens (including phenoxy) is 1. The third-order valence-corrected chi connectivity index (χ3v) is 4.35. The van der Waals surface area contributed by atoms with Crippen molar-refractivity contribution in [2.24, 2.45) is 4.99 Å². The van der Waals surface area contributed by atoms with E-state index in [4.69, 9.17) is 4.74 Å². The molecule has 0 radical (unpaired) electrons. The van der Waals surface area contributed by atoms with E-state index in [1.54, 1.807) is 11.3 Å². The summed E-state index contributed by atoms with van der Waals surface area (Å²) < 4.78 is 5.33. The second-order valence-corrected chi connectivity index (χ2v) is 6.38. The fraction of sp³-hybridized carbons (Fsp3) is 0.750. The molecule has 0 atom stereocenters. The van der Waals surface area contributed by atoms with Crippen molar-refractivity contribution in [2.45, 2.75) is 47.0 Å². The minimum Gasteiger partial charge on any atom is -0.382 e. The van der Waals surface area contributed by atoms with Gasteiger partial charge in [0.25, 0.3) is 0 Å². The maximum atomic E-state index is 5.33. The van der Waals surface area contributed by atoms with E-state index in [1.807, 2.05) is 6.92 Å². The van der Waals surface area contributed by atoms with Gasteiger partial charge < -0.3 is 15.4 Å². The smallest absolute Gasteiger partial charge is 0.191 e. The fourth-order valence-electron chi connectivity index (χ4n) is 1.93. The van der Waals surface area contributed by atoms with E-state index in [2.05, 4.69) is 41.4 Å². The number of rotatable bonds is 10. The van der Waals surface area contributed by atoms with E-state index in [-0.39, 0.29) is 0 Å². The first-order chi connectivity index (χ1) is 10.7. The number of aliphatic imine (C=N–C) groups is 1. The van der Waals surface area contributed by atoms with Crippen LogP contribution in [0.4, 0.5) is 0 Å². The number of nitrogens with one attached hydrogen (secondary N) is 2. The third kappa shape index (κ3) is 7.75. The Morgan fingerprint density at radius 2 is 2.05 bits per heavy atom. The van der Waals surface area contributed by atoms with Crippen molar-refractivity contribution < 1.29 is 4.74 Å². The molecule has 0 aromatic carbocycles. The molecule has 1 aromatic rings. The predicted octanol–water partition coefficient (Wildman–Crippen LogP) is 2.67. The Hall–Kier alpha value is -1.14. The number of hydrogen-bond acceptors (Lipinski definition) is 4. The van der Waals surface area contributed by atoms with E-state index < -0.39 is 0 Å². The molecule has 0 fully saturated rings. The zero-order valence-electron chi connectivity index (χ0n) is 14.4. The highest BCUT2D eigenvalue weighted by molar-refractivity contribution is 7.11. The van der Waals surface area contributed by atoms with Crippen LogP contribution in [0.3, 0.4) is 0 Å². The van der Waals surface area contributed by atoms with E-state index in [0.717, 1.165) is 63.8 Å². The lowest BCUT2D eigenvalue weighted by atomic mass is 10.3. The summed E-state index contributed by atoms with van der Waals surface area (Å²) >= 11 is 1.78. The summed E-state index contributed by atoms with van der Waals surface area (Å²) in [5.74, 6) is 0.893. The van der Waals surface area contributed by atoms with Crippen molar-refractivity contribution in [3.05, 3.63) is 15.6 Å². The van der Waals surface area contributed by atoms with Crippen LogP contribution in [0.25, 0.3) is 0 Å². The van der Waals surface area contributed by atoms with Crippen LogP contribution in [0.15, 0.2) is 4.99 Å². The molecule has 0 aliphatic carbocycles. The van der Waals surface area contributed by atoms with Crippen LogP contribution < -0.4 is 10.6 Å². The van der Waals surface area contributed by atoms with Gasteiger partial charge in [0, 0.05) is 44.1 Å². The van der Waals surface area contributed by atoms with Gasteiger partial charge in [-0.3, -0.25) is 4.99 Å². The van der Waals surface area contributed by atoms with Gasteiger partial charge in [0.1, 0.15) is 0 Å². The lowest BCUT2D eigenvalue weighted by molar-refractivity contribution is 0.144. The van der Waals surface area contributed by atoms with Gasteiger partial charge in [0.15, 0.2) is 5.96 Å². The molecule has 1 heterocycles. The van der Waals surface area contributed by atoms with Gasteiger partial charge in [0.05, 0.1) is 10.7 Å². The monoisotopic (exact) mass is 326 g/mol. The second-order valence-electron chi connectivity index (χ2n) is 5.09. The minimum absolute atomic E-state index is 0.795. The number of aromatic nitrogens is 1.